The quantitative estimate of drug-likeness (QED) is 0.308. The summed E-state index contributed by atoms with van der Waals surface area (Å²) < 4.78 is 0. The average molecular weight is 469 g/mol. The Morgan fingerprint density at radius 1 is 0.914 bits per heavy atom. The molecule has 180 valence electrons. The van der Waals surface area contributed by atoms with E-state index in [0.29, 0.717) is 24.2 Å². The van der Waals surface area contributed by atoms with E-state index < -0.39 is 0 Å². The predicted octanol–water partition coefficient (Wildman–Crippen LogP) is 5.74. The molecule has 0 spiro atoms. The summed E-state index contributed by atoms with van der Waals surface area (Å²) in [4.78, 5) is 24.7. The van der Waals surface area contributed by atoms with Crippen molar-refractivity contribution >= 4 is 33.9 Å². The van der Waals surface area contributed by atoms with Gasteiger partial charge in [-0.3, -0.25) is 4.79 Å². The van der Waals surface area contributed by atoms with Gasteiger partial charge in [0.25, 0.3) is 0 Å². The second-order valence-corrected chi connectivity index (χ2v) is 8.84. The number of aliphatic imine (C=N–C) groups is 1. The standard InChI is InChI=1S/C29H32N4O2/c1-4-10-26(34)33(20-19-32(2)3)23-17-15-22(16-18-23)30-28(21-11-6-5-7-12-21)27-24-13-8-9-14-25(24)31-29(27)35/h5-9,11-18,31,35H,4,10,19-20H2,1-3H3. The highest BCUT2D eigenvalue weighted by molar-refractivity contribution is 6.21. The van der Waals surface area contributed by atoms with Crippen molar-refractivity contribution in [3.63, 3.8) is 0 Å². The Kier molecular flexibility index (Phi) is 7.63. The van der Waals surface area contributed by atoms with Crippen molar-refractivity contribution in [1.29, 1.82) is 0 Å². The Hall–Kier alpha value is -3.90. The summed E-state index contributed by atoms with van der Waals surface area (Å²) in [5, 5.41) is 11.7. The number of fused-ring (bicyclic) bond motifs is 1. The van der Waals surface area contributed by atoms with Crippen molar-refractivity contribution in [2.45, 2.75) is 19.8 Å². The Morgan fingerprint density at radius 2 is 1.60 bits per heavy atom. The summed E-state index contributed by atoms with van der Waals surface area (Å²) in [7, 11) is 4.01. The molecule has 0 fully saturated rings. The Balaban J connectivity index is 1.74. The molecule has 0 aliphatic rings. The van der Waals surface area contributed by atoms with Crippen LogP contribution in [-0.4, -0.2) is 53.8 Å². The van der Waals surface area contributed by atoms with Gasteiger partial charge in [0.2, 0.25) is 5.91 Å². The third-order valence-electron chi connectivity index (χ3n) is 5.91. The molecule has 35 heavy (non-hydrogen) atoms. The van der Waals surface area contributed by atoms with Crippen LogP contribution in [-0.2, 0) is 4.79 Å². The second kappa shape index (κ2) is 11.0. The molecule has 0 unspecified atom stereocenters. The largest absolute Gasteiger partial charge is 0.494 e. The summed E-state index contributed by atoms with van der Waals surface area (Å²) in [6.45, 7) is 3.44. The maximum atomic E-state index is 12.8. The summed E-state index contributed by atoms with van der Waals surface area (Å²) in [5.74, 6) is 0.213. The predicted molar refractivity (Wildman–Crippen MR) is 144 cm³/mol. The highest BCUT2D eigenvalue weighted by atomic mass is 16.3. The van der Waals surface area contributed by atoms with Crippen LogP contribution in [0.1, 0.15) is 30.9 Å². The van der Waals surface area contributed by atoms with Gasteiger partial charge in [-0.05, 0) is 50.8 Å². The van der Waals surface area contributed by atoms with E-state index in [2.05, 4.69) is 9.88 Å². The minimum Gasteiger partial charge on any atom is -0.494 e. The molecule has 4 aromatic rings. The van der Waals surface area contributed by atoms with Crippen molar-refractivity contribution < 1.29 is 9.90 Å². The van der Waals surface area contributed by atoms with Crippen molar-refractivity contribution in [1.82, 2.24) is 9.88 Å². The van der Waals surface area contributed by atoms with E-state index in [4.69, 9.17) is 4.99 Å². The van der Waals surface area contributed by atoms with Gasteiger partial charge >= 0.3 is 0 Å². The number of aromatic nitrogens is 1. The summed E-state index contributed by atoms with van der Waals surface area (Å²) in [6, 6.07) is 25.4. The number of para-hydroxylation sites is 1. The van der Waals surface area contributed by atoms with Crippen LogP contribution in [0.2, 0.25) is 0 Å². The van der Waals surface area contributed by atoms with E-state index in [1.165, 1.54) is 0 Å². The molecule has 4 rings (SSSR count). The fourth-order valence-electron chi connectivity index (χ4n) is 4.11. The number of carbonyl (C=O) groups excluding carboxylic acids is 1. The molecule has 1 aromatic heterocycles. The van der Waals surface area contributed by atoms with E-state index >= 15 is 0 Å². The number of aromatic amines is 1. The average Bonchev–Trinajstić information content (AvgIpc) is 3.19. The van der Waals surface area contributed by atoms with Crippen LogP contribution < -0.4 is 4.90 Å². The first-order valence-electron chi connectivity index (χ1n) is 12.0. The number of hydrogen-bond acceptors (Lipinski definition) is 4. The van der Waals surface area contributed by atoms with Gasteiger partial charge in [-0.15, -0.1) is 0 Å². The topological polar surface area (TPSA) is 71.9 Å². The highest BCUT2D eigenvalue weighted by Gasteiger charge is 2.19. The van der Waals surface area contributed by atoms with Gasteiger partial charge in [0, 0.05) is 41.7 Å². The highest BCUT2D eigenvalue weighted by Crippen LogP contribution is 2.32. The molecule has 0 aliphatic heterocycles. The molecule has 0 saturated carbocycles. The van der Waals surface area contributed by atoms with Crippen LogP contribution in [0.5, 0.6) is 5.88 Å². The lowest BCUT2D eigenvalue weighted by Gasteiger charge is -2.24. The van der Waals surface area contributed by atoms with Crippen molar-refractivity contribution in [3.8, 4) is 5.88 Å². The molecule has 0 saturated heterocycles. The molecule has 3 aromatic carbocycles. The summed E-state index contributed by atoms with van der Waals surface area (Å²) in [6.07, 6.45) is 1.33. The van der Waals surface area contributed by atoms with E-state index in [9.17, 15) is 9.90 Å². The maximum Gasteiger partial charge on any atom is 0.227 e. The first-order valence-corrected chi connectivity index (χ1v) is 12.0. The SMILES string of the molecule is CCCC(=O)N(CCN(C)C)c1ccc(N=C(c2ccccc2)c2c(O)[nH]c3ccccc23)cc1. The van der Waals surface area contributed by atoms with Gasteiger partial charge < -0.3 is 19.9 Å². The molecule has 6 heteroatoms. The number of aromatic hydroxyl groups is 1. The van der Waals surface area contributed by atoms with Gasteiger partial charge in [0.1, 0.15) is 0 Å². The molecule has 0 aliphatic carbocycles. The molecule has 2 N–H and O–H groups in total. The minimum absolute atomic E-state index is 0.0884. The lowest BCUT2D eigenvalue weighted by molar-refractivity contribution is -0.118. The van der Waals surface area contributed by atoms with Crippen molar-refractivity contribution in [3.05, 3.63) is 90.0 Å². The van der Waals surface area contributed by atoms with Crippen molar-refractivity contribution in [2.24, 2.45) is 4.99 Å². The van der Waals surface area contributed by atoms with Crippen LogP contribution in [0, 0.1) is 0 Å². The molecule has 0 atom stereocenters. The van der Waals surface area contributed by atoms with Crippen LogP contribution in [0.3, 0.4) is 0 Å². The van der Waals surface area contributed by atoms with Gasteiger partial charge in [-0.25, -0.2) is 4.99 Å². The normalized spacial score (nSPS) is 11.8. The first-order chi connectivity index (χ1) is 17.0. The first kappa shape index (κ1) is 24.2. The Morgan fingerprint density at radius 3 is 2.29 bits per heavy atom. The molecular formula is C29H32N4O2. The number of anilines is 1. The zero-order valence-electron chi connectivity index (χ0n) is 20.5. The van der Waals surface area contributed by atoms with Gasteiger partial charge in [0.15, 0.2) is 5.88 Å². The third kappa shape index (κ3) is 5.61. The fourth-order valence-corrected chi connectivity index (χ4v) is 4.11. The Labute approximate surface area is 206 Å². The fraction of sp³-hybridized carbons (Fsp3) is 0.241. The van der Waals surface area contributed by atoms with E-state index in [-0.39, 0.29) is 11.8 Å². The number of nitrogens with zero attached hydrogens (tertiary/aromatic N) is 3. The van der Waals surface area contributed by atoms with E-state index in [0.717, 1.165) is 40.8 Å². The molecule has 1 amide bonds. The number of benzene rings is 3. The van der Waals surface area contributed by atoms with Crippen LogP contribution in [0.25, 0.3) is 10.9 Å². The number of carbonyl (C=O) groups is 1. The lowest BCUT2D eigenvalue weighted by atomic mass is 10.0. The van der Waals surface area contributed by atoms with E-state index in [1.54, 1.807) is 0 Å². The van der Waals surface area contributed by atoms with Gasteiger partial charge in [0.05, 0.1) is 17.0 Å². The van der Waals surface area contributed by atoms with Crippen LogP contribution in [0.4, 0.5) is 11.4 Å². The zero-order valence-corrected chi connectivity index (χ0v) is 20.5. The molecule has 6 nitrogen and oxygen atoms in total. The van der Waals surface area contributed by atoms with Crippen LogP contribution in [0.15, 0.2) is 83.9 Å². The number of H-pyrrole nitrogens is 1. The Bertz CT molecular complexity index is 1310. The number of amides is 1. The number of likely N-dealkylation sites (N-methyl/N-ethyl adjacent to an activating group) is 1. The molecule has 0 bridgehead atoms. The van der Waals surface area contributed by atoms with Crippen LogP contribution >= 0.6 is 0 Å². The maximum absolute atomic E-state index is 12.8. The molecular weight excluding hydrogens is 436 g/mol. The number of rotatable bonds is 9. The summed E-state index contributed by atoms with van der Waals surface area (Å²) in [5.41, 5.74) is 4.71. The smallest absolute Gasteiger partial charge is 0.227 e. The monoisotopic (exact) mass is 468 g/mol. The molecule has 0 radical (unpaired) electrons. The third-order valence-corrected chi connectivity index (χ3v) is 5.91. The molecule has 1 heterocycles. The number of hydrogen-bond donors (Lipinski definition) is 2. The van der Waals surface area contributed by atoms with Crippen molar-refractivity contribution in [2.75, 3.05) is 32.1 Å². The van der Waals surface area contributed by atoms with E-state index in [1.807, 2.05) is 105 Å². The second-order valence-electron chi connectivity index (χ2n) is 8.84. The minimum atomic E-state index is 0.0884. The number of nitrogens with one attached hydrogen (secondary N) is 1. The zero-order chi connectivity index (χ0) is 24.8. The summed E-state index contributed by atoms with van der Waals surface area (Å²) >= 11 is 0. The lowest BCUT2D eigenvalue weighted by Crippen LogP contribution is -2.36. The van der Waals surface area contributed by atoms with Gasteiger partial charge in [-0.2, -0.15) is 0 Å². The van der Waals surface area contributed by atoms with Gasteiger partial charge in [-0.1, -0.05) is 55.5 Å².